The zero-order chi connectivity index (χ0) is 11.5. The largest absolute Gasteiger partial charge is 0.271 e. The van der Waals surface area contributed by atoms with Crippen molar-refractivity contribution in [3.8, 4) is 0 Å². The summed E-state index contributed by atoms with van der Waals surface area (Å²) < 4.78 is 0. The minimum Gasteiger partial charge on any atom is -0.271 e. The first-order valence-corrected chi connectivity index (χ1v) is 6.02. The highest BCUT2D eigenvalue weighted by Crippen LogP contribution is 2.38. The topological polar surface area (TPSA) is 79.6 Å². The van der Waals surface area contributed by atoms with Gasteiger partial charge >= 0.3 is 0 Å². The molecule has 0 amide bonds. The molecule has 0 saturated heterocycles. The highest BCUT2D eigenvalue weighted by atomic mass is 15.3. The Bertz CT molecular complexity index is 300. The third-order valence-electron chi connectivity index (χ3n) is 3.62. The van der Waals surface area contributed by atoms with E-state index in [-0.39, 0.29) is 6.04 Å². The highest BCUT2D eigenvalue weighted by molar-refractivity contribution is 5.02. The molecule has 1 heterocycles. The number of hydrogen-bond donors (Lipinski definition) is 3. The molecule has 1 fully saturated rings. The maximum Gasteiger partial charge on any atom is 0.101 e. The van der Waals surface area contributed by atoms with Crippen molar-refractivity contribution in [3.63, 3.8) is 0 Å². The summed E-state index contributed by atoms with van der Waals surface area (Å²) in [6.07, 6.45) is 5.51. The number of nitrogens with two attached hydrogens (primary N) is 1. The predicted molar refractivity (Wildman–Crippen MR) is 62.1 cm³/mol. The summed E-state index contributed by atoms with van der Waals surface area (Å²) in [5.74, 6) is 7.77. The van der Waals surface area contributed by atoms with Crippen LogP contribution in [0.4, 0.5) is 0 Å². The van der Waals surface area contributed by atoms with Crippen LogP contribution in [0, 0.1) is 17.8 Å². The van der Waals surface area contributed by atoms with Gasteiger partial charge in [-0.3, -0.25) is 11.3 Å². The van der Waals surface area contributed by atoms with E-state index in [1.807, 2.05) is 0 Å². The van der Waals surface area contributed by atoms with Crippen LogP contribution < -0.4 is 11.3 Å². The van der Waals surface area contributed by atoms with Crippen LogP contribution in [0.2, 0.25) is 0 Å². The minimum atomic E-state index is 0.129. The molecular formula is C11H21N5. The molecule has 2 rings (SSSR count). The van der Waals surface area contributed by atoms with E-state index in [4.69, 9.17) is 5.84 Å². The molecule has 3 atom stereocenters. The van der Waals surface area contributed by atoms with Crippen LogP contribution in [-0.2, 0) is 0 Å². The van der Waals surface area contributed by atoms with Crippen LogP contribution in [0.5, 0.6) is 0 Å². The van der Waals surface area contributed by atoms with E-state index in [2.05, 4.69) is 34.7 Å². The Kier molecular flexibility index (Phi) is 3.56. The molecule has 16 heavy (non-hydrogen) atoms. The van der Waals surface area contributed by atoms with Crippen molar-refractivity contribution in [3.05, 3.63) is 11.9 Å². The van der Waals surface area contributed by atoms with Gasteiger partial charge in [0, 0.05) is 0 Å². The fourth-order valence-electron chi connectivity index (χ4n) is 3.10. The molecule has 5 heteroatoms. The van der Waals surface area contributed by atoms with Gasteiger partial charge in [0.05, 0.1) is 12.2 Å². The molecule has 0 bridgehead atoms. The van der Waals surface area contributed by atoms with Crippen molar-refractivity contribution in [2.45, 2.75) is 39.2 Å². The van der Waals surface area contributed by atoms with E-state index in [1.165, 1.54) is 19.3 Å². The van der Waals surface area contributed by atoms with Gasteiger partial charge in [0.15, 0.2) is 0 Å². The molecule has 4 N–H and O–H groups in total. The van der Waals surface area contributed by atoms with Crippen LogP contribution in [0.1, 0.15) is 44.8 Å². The van der Waals surface area contributed by atoms with Gasteiger partial charge < -0.3 is 0 Å². The summed E-state index contributed by atoms with van der Waals surface area (Å²) >= 11 is 0. The number of nitrogens with one attached hydrogen (secondary N) is 2. The van der Waals surface area contributed by atoms with E-state index >= 15 is 0 Å². The van der Waals surface area contributed by atoms with Gasteiger partial charge in [-0.15, -0.1) is 0 Å². The van der Waals surface area contributed by atoms with Crippen molar-refractivity contribution in [1.29, 1.82) is 0 Å². The molecule has 0 aromatic carbocycles. The summed E-state index contributed by atoms with van der Waals surface area (Å²) in [6, 6.07) is 0.129. The summed E-state index contributed by atoms with van der Waals surface area (Å²) in [7, 11) is 0. The number of nitrogens with zero attached hydrogens (tertiary/aromatic N) is 2. The first-order valence-electron chi connectivity index (χ1n) is 6.02. The Morgan fingerprint density at radius 3 is 2.56 bits per heavy atom. The van der Waals surface area contributed by atoms with Crippen LogP contribution in [0.3, 0.4) is 0 Å². The Labute approximate surface area is 96.2 Å². The highest BCUT2D eigenvalue weighted by Gasteiger charge is 2.31. The van der Waals surface area contributed by atoms with Gasteiger partial charge in [-0.25, -0.2) is 0 Å². The Morgan fingerprint density at radius 1 is 1.38 bits per heavy atom. The Balaban J connectivity index is 2.09. The van der Waals surface area contributed by atoms with E-state index < -0.39 is 0 Å². The SMILES string of the molecule is CC1CC(C)CC(C(NN)c2cn[nH]n2)C1. The molecule has 90 valence electrons. The van der Waals surface area contributed by atoms with Crippen molar-refractivity contribution in [2.75, 3.05) is 0 Å². The van der Waals surface area contributed by atoms with Crippen molar-refractivity contribution in [1.82, 2.24) is 20.8 Å². The lowest BCUT2D eigenvalue weighted by Gasteiger charge is -2.35. The number of H-pyrrole nitrogens is 1. The Morgan fingerprint density at radius 2 is 2.06 bits per heavy atom. The second kappa shape index (κ2) is 4.93. The lowest BCUT2D eigenvalue weighted by Crippen LogP contribution is -2.37. The molecule has 1 saturated carbocycles. The van der Waals surface area contributed by atoms with Gasteiger partial charge in [-0.2, -0.15) is 15.4 Å². The van der Waals surface area contributed by atoms with E-state index in [1.54, 1.807) is 6.20 Å². The number of aromatic amines is 1. The number of rotatable bonds is 3. The zero-order valence-electron chi connectivity index (χ0n) is 9.98. The van der Waals surface area contributed by atoms with Crippen LogP contribution >= 0.6 is 0 Å². The van der Waals surface area contributed by atoms with Crippen LogP contribution in [-0.4, -0.2) is 15.4 Å². The monoisotopic (exact) mass is 223 g/mol. The van der Waals surface area contributed by atoms with Gasteiger partial charge in [0.2, 0.25) is 0 Å². The average Bonchev–Trinajstić information content (AvgIpc) is 2.70. The molecule has 1 aromatic rings. The number of hydrazine groups is 1. The molecule has 3 unspecified atom stereocenters. The van der Waals surface area contributed by atoms with Gasteiger partial charge in [0.1, 0.15) is 5.69 Å². The number of aromatic nitrogens is 3. The van der Waals surface area contributed by atoms with E-state index in [0.717, 1.165) is 17.5 Å². The fraction of sp³-hybridized carbons (Fsp3) is 0.818. The van der Waals surface area contributed by atoms with E-state index in [9.17, 15) is 0 Å². The lowest BCUT2D eigenvalue weighted by atomic mass is 9.73. The van der Waals surface area contributed by atoms with Crippen molar-refractivity contribution < 1.29 is 0 Å². The third kappa shape index (κ3) is 2.41. The molecule has 5 nitrogen and oxygen atoms in total. The molecule has 1 aliphatic carbocycles. The maximum absolute atomic E-state index is 5.65. The second-order valence-corrected chi connectivity index (χ2v) is 5.22. The first kappa shape index (κ1) is 11.5. The molecule has 1 aliphatic rings. The van der Waals surface area contributed by atoms with Crippen molar-refractivity contribution in [2.24, 2.45) is 23.6 Å². The molecule has 0 aliphatic heterocycles. The zero-order valence-corrected chi connectivity index (χ0v) is 9.98. The summed E-state index contributed by atoms with van der Waals surface area (Å²) in [5, 5.41) is 10.6. The van der Waals surface area contributed by atoms with Crippen LogP contribution in [0.15, 0.2) is 6.20 Å². The molecule has 0 spiro atoms. The second-order valence-electron chi connectivity index (χ2n) is 5.22. The molecule has 0 radical (unpaired) electrons. The predicted octanol–water partition coefficient (Wildman–Crippen LogP) is 1.38. The smallest absolute Gasteiger partial charge is 0.101 e. The maximum atomic E-state index is 5.65. The number of hydrogen-bond acceptors (Lipinski definition) is 4. The van der Waals surface area contributed by atoms with Gasteiger partial charge in [-0.1, -0.05) is 13.8 Å². The quantitative estimate of drug-likeness (QED) is 0.534. The Hall–Kier alpha value is -0.940. The van der Waals surface area contributed by atoms with Crippen molar-refractivity contribution >= 4 is 0 Å². The lowest BCUT2D eigenvalue weighted by molar-refractivity contribution is 0.175. The van der Waals surface area contributed by atoms with Gasteiger partial charge in [-0.05, 0) is 37.0 Å². The summed E-state index contributed by atoms with van der Waals surface area (Å²) in [6.45, 7) is 4.64. The third-order valence-corrected chi connectivity index (χ3v) is 3.62. The standard InChI is InChI=1S/C11H21N5/c1-7-3-8(2)5-9(4-7)11(14-12)10-6-13-16-15-10/h6-9,11,14H,3-5,12H2,1-2H3,(H,13,15,16). The first-order chi connectivity index (χ1) is 7.70. The molecule has 1 aromatic heterocycles. The van der Waals surface area contributed by atoms with E-state index in [0.29, 0.717) is 5.92 Å². The minimum absolute atomic E-state index is 0.129. The normalized spacial score (nSPS) is 32.6. The summed E-state index contributed by atoms with van der Waals surface area (Å²) in [5.41, 5.74) is 3.82. The molecular weight excluding hydrogens is 202 g/mol. The van der Waals surface area contributed by atoms with Gasteiger partial charge in [0.25, 0.3) is 0 Å². The van der Waals surface area contributed by atoms with Crippen LogP contribution in [0.25, 0.3) is 0 Å². The summed E-state index contributed by atoms with van der Waals surface area (Å²) in [4.78, 5) is 0. The fourth-order valence-corrected chi connectivity index (χ4v) is 3.10. The average molecular weight is 223 g/mol.